The van der Waals surface area contributed by atoms with Crippen LogP contribution in [0.1, 0.15) is 11.1 Å². The highest BCUT2D eigenvalue weighted by molar-refractivity contribution is 6.31. The van der Waals surface area contributed by atoms with Gasteiger partial charge in [-0.3, -0.25) is 0 Å². The Morgan fingerprint density at radius 2 is 2.09 bits per heavy atom. The van der Waals surface area contributed by atoms with Crippen LogP contribution >= 0.6 is 23.2 Å². The van der Waals surface area contributed by atoms with Gasteiger partial charge in [0.05, 0.1) is 12.3 Å². The number of ether oxygens (including phenoxy) is 2. The van der Waals surface area contributed by atoms with Crippen molar-refractivity contribution >= 4 is 28.9 Å². The molecule has 0 atom stereocenters. The average molecular weight is 351 g/mol. The Bertz CT molecular complexity index is 780. The minimum Gasteiger partial charge on any atom is -0.454 e. The average Bonchev–Trinajstić information content (AvgIpc) is 3.02. The maximum absolute atomic E-state index is 5.96. The molecule has 8 heteroatoms. The van der Waals surface area contributed by atoms with Crippen molar-refractivity contribution in [2.24, 2.45) is 5.10 Å². The zero-order chi connectivity index (χ0) is 16.2. The molecule has 3 rings (SSSR count). The summed E-state index contributed by atoms with van der Waals surface area (Å²) in [5.74, 6) is 1.40. The second-order valence-electron chi connectivity index (χ2n) is 4.59. The molecule has 2 aromatic rings. The van der Waals surface area contributed by atoms with E-state index in [1.54, 1.807) is 12.1 Å². The summed E-state index contributed by atoms with van der Waals surface area (Å²) in [5, 5.41) is 12.3. The van der Waals surface area contributed by atoms with Crippen molar-refractivity contribution in [1.29, 1.82) is 0 Å². The van der Waals surface area contributed by atoms with E-state index in [-0.39, 0.29) is 17.1 Å². The van der Waals surface area contributed by atoms with E-state index in [2.05, 4.69) is 27.3 Å². The van der Waals surface area contributed by atoms with Crippen LogP contribution < -0.4 is 14.9 Å². The molecular weight excluding hydrogens is 339 g/mol. The van der Waals surface area contributed by atoms with Gasteiger partial charge in [0.2, 0.25) is 6.79 Å². The van der Waals surface area contributed by atoms with Crippen LogP contribution in [-0.2, 0) is 6.54 Å². The third-order valence-corrected chi connectivity index (χ3v) is 3.63. The van der Waals surface area contributed by atoms with E-state index in [1.165, 1.54) is 0 Å². The summed E-state index contributed by atoms with van der Waals surface area (Å²) in [6, 6.07) is 7.20. The van der Waals surface area contributed by atoms with Crippen LogP contribution in [0, 0.1) is 0 Å². The normalized spacial score (nSPS) is 13.0. The summed E-state index contributed by atoms with van der Waals surface area (Å²) in [7, 11) is 0. The Labute approximate surface area is 142 Å². The molecule has 0 saturated carbocycles. The molecule has 1 aliphatic heterocycles. The van der Waals surface area contributed by atoms with Gasteiger partial charge in [-0.15, -0.1) is 10.2 Å². The molecule has 23 heavy (non-hydrogen) atoms. The van der Waals surface area contributed by atoms with Crippen molar-refractivity contribution in [2.45, 2.75) is 6.54 Å². The summed E-state index contributed by atoms with van der Waals surface area (Å²) in [4.78, 5) is 0. The lowest BCUT2D eigenvalue weighted by atomic mass is 10.1. The van der Waals surface area contributed by atoms with E-state index in [0.717, 1.165) is 11.3 Å². The molecule has 0 amide bonds. The zero-order valence-corrected chi connectivity index (χ0v) is 13.4. The Morgan fingerprint density at radius 3 is 2.91 bits per heavy atom. The second-order valence-corrected chi connectivity index (χ2v) is 5.33. The predicted octanol–water partition coefficient (Wildman–Crippen LogP) is 3.19. The Balaban J connectivity index is 1.74. The van der Waals surface area contributed by atoms with Crippen LogP contribution in [0.4, 0.5) is 0 Å². The first-order valence-corrected chi connectivity index (χ1v) is 7.43. The zero-order valence-electron chi connectivity index (χ0n) is 11.9. The van der Waals surface area contributed by atoms with Gasteiger partial charge in [-0.05, 0) is 30.3 Å². The number of hydrogen-bond acceptors (Lipinski definition) is 6. The van der Waals surface area contributed by atoms with Gasteiger partial charge in [0.1, 0.15) is 0 Å². The number of hydrogen-bond donors (Lipinski definition) is 1. The van der Waals surface area contributed by atoms with Crippen LogP contribution in [0.3, 0.4) is 0 Å². The molecule has 6 nitrogen and oxygen atoms in total. The fourth-order valence-corrected chi connectivity index (χ4v) is 2.33. The highest BCUT2D eigenvalue weighted by atomic mass is 35.5. The molecule has 0 saturated heterocycles. The Hall–Kier alpha value is -2.31. The molecule has 0 radical (unpaired) electrons. The molecule has 0 fully saturated rings. The lowest BCUT2D eigenvalue weighted by Gasteiger charge is -2.06. The smallest absolute Gasteiger partial charge is 0.231 e. The monoisotopic (exact) mass is 350 g/mol. The van der Waals surface area contributed by atoms with Crippen LogP contribution in [0.5, 0.6) is 11.5 Å². The van der Waals surface area contributed by atoms with Crippen LogP contribution in [-0.4, -0.2) is 22.7 Å². The number of rotatable bonds is 5. The SMILES string of the molecule is C=C/C(=N\NCc1cc(Cl)nnc1Cl)c1ccc2c(c1)OCO2. The molecule has 0 bridgehead atoms. The van der Waals surface area contributed by atoms with Crippen molar-refractivity contribution in [1.82, 2.24) is 15.6 Å². The molecule has 118 valence electrons. The lowest BCUT2D eigenvalue weighted by Crippen LogP contribution is -2.11. The highest BCUT2D eigenvalue weighted by Gasteiger charge is 2.14. The largest absolute Gasteiger partial charge is 0.454 e. The first-order valence-electron chi connectivity index (χ1n) is 6.68. The van der Waals surface area contributed by atoms with Crippen LogP contribution in [0.2, 0.25) is 10.3 Å². The molecule has 1 N–H and O–H groups in total. The maximum atomic E-state index is 5.96. The first kappa shape index (κ1) is 15.6. The van der Waals surface area contributed by atoms with Gasteiger partial charge in [0, 0.05) is 11.1 Å². The van der Waals surface area contributed by atoms with Gasteiger partial charge in [0.15, 0.2) is 21.8 Å². The first-order chi connectivity index (χ1) is 11.2. The number of allylic oxidation sites excluding steroid dienone is 1. The molecule has 2 heterocycles. The van der Waals surface area contributed by atoms with Crippen molar-refractivity contribution in [3.05, 3.63) is 58.4 Å². The van der Waals surface area contributed by atoms with Gasteiger partial charge < -0.3 is 14.9 Å². The summed E-state index contributed by atoms with van der Waals surface area (Å²) in [6.45, 7) is 4.36. The van der Waals surface area contributed by atoms with E-state index >= 15 is 0 Å². The molecule has 1 aromatic carbocycles. The van der Waals surface area contributed by atoms with E-state index < -0.39 is 0 Å². The number of nitrogens with zero attached hydrogens (tertiary/aromatic N) is 3. The number of halogens is 2. The van der Waals surface area contributed by atoms with Crippen LogP contribution in [0.25, 0.3) is 0 Å². The number of benzene rings is 1. The fraction of sp³-hybridized carbons (Fsp3) is 0.133. The topological polar surface area (TPSA) is 68.6 Å². The van der Waals surface area contributed by atoms with E-state index in [1.807, 2.05) is 18.2 Å². The fourth-order valence-electron chi connectivity index (χ4n) is 2.01. The number of aromatic nitrogens is 2. The predicted molar refractivity (Wildman–Crippen MR) is 88.2 cm³/mol. The number of nitrogens with one attached hydrogen (secondary N) is 1. The maximum Gasteiger partial charge on any atom is 0.231 e. The van der Waals surface area contributed by atoms with E-state index in [4.69, 9.17) is 32.7 Å². The quantitative estimate of drug-likeness (QED) is 0.662. The van der Waals surface area contributed by atoms with Crippen molar-refractivity contribution < 1.29 is 9.47 Å². The molecule has 1 aromatic heterocycles. The van der Waals surface area contributed by atoms with Gasteiger partial charge in [0.25, 0.3) is 0 Å². The molecule has 0 unspecified atom stereocenters. The van der Waals surface area contributed by atoms with Crippen LogP contribution in [0.15, 0.2) is 42.0 Å². The summed E-state index contributed by atoms with van der Waals surface area (Å²) < 4.78 is 10.6. The minimum absolute atomic E-state index is 0.228. The van der Waals surface area contributed by atoms with Crippen molar-refractivity contribution in [2.75, 3.05) is 6.79 Å². The minimum atomic E-state index is 0.228. The molecule has 0 aliphatic carbocycles. The van der Waals surface area contributed by atoms with Gasteiger partial charge >= 0.3 is 0 Å². The van der Waals surface area contributed by atoms with Crippen molar-refractivity contribution in [3.8, 4) is 11.5 Å². The lowest BCUT2D eigenvalue weighted by molar-refractivity contribution is 0.174. The summed E-state index contributed by atoms with van der Waals surface area (Å²) in [5.41, 5.74) is 5.13. The van der Waals surface area contributed by atoms with Gasteiger partial charge in [-0.1, -0.05) is 29.8 Å². The summed E-state index contributed by atoms with van der Waals surface area (Å²) in [6.07, 6.45) is 1.64. The Morgan fingerprint density at radius 1 is 1.26 bits per heavy atom. The summed E-state index contributed by atoms with van der Waals surface area (Å²) >= 11 is 11.8. The van der Waals surface area contributed by atoms with E-state index in [0.29, 0.717) is 23.6 Å². The third-order valence-electron chi connectivity index (χ3n) is 3.12. The van der Waals surface area contributed by atoms with E-state index in [9.17, 15) is 0 Å². The highest BCUT2D eigenvalue weighted by Crippen LogP contribution is 2.32. The standard InChI is InChI=1S/C15H12Cl2N4O2/c1-2-11(9-3-4-12-13(5-9)23-8-22-12)19-18-7-10-6-14(16)20-21-15(10)17/h2-6,18H,1,7-8H2/b19-11+. The van der Waals surface area contributed by atoms with Crippen molar-refractivity contribution in [3.63, 3.8) is 0 Å². The second kappa shape index (κ2) is 6.85. The third kappa shape index (κ3) is 3.55. The number of hydrazone groups is 1. The van der Waals surface area contributed by atoms with Gasteiger partial charge in [-0.2, -0.15) is 5.10 Å². The Kier molecular flexibility index (Phi) is 4.64. The molecule has 0 spiro atoms. The number of fused-ring (bicyclic) bond motifs is 1. The molecule has 1 aliphatic rings. The van der Waals surface area contributed by atoms with Gasteiger partial charge in [-0.25, -0.2) is 0 Å². The molecular formula is C15H12Cl2N4O2.